The van der Waals surface area contributed by atoms with Gasteiger partial charge in [-0.25, -0.2) is 5.01 Å². The van der Waals surface area contributed by atoms with Gasteiger partial charge in [-0.2, -0.15) is 0 Å². The number of rotatable bonds is 13. The average molecular weight is 500 g/mol. The lowest BCUT2D eigenvalue weighted by Gasteiger charge is -2.43. The first kappa shape index (κ1) is 29.4. The van der Waals surface area contributed by atoms with Crippen LogP contribution in [0.5, 0.6) is 0 Å². The lowest BCUT2D eigenvalue weighted by Crippen LogP contribution is -2.59. The van der Waals surface area contributed by atoms with E-state index < -0.39 is 0 Å². The fraction of sp³-hybridized carbons (Fsp3) is 0.844. The van der Waals surface area contributed by atoms with Gasteiger partial charge in [0.15, 0.2) is 5.78 Å². The zero-order valence-electron chi connectivity index (χ0n) is 23.8. The number of hydrogen-bond donors (Lipinski definition) is 2. The van der Waals surface area contributed by atoms with E-state index in [1.165, 1.54) is 89.9 Å². The number of allylic oxidation sites excluding steroid dienone is 1. The summed E-state index contributed by atoms with van der Waals surface area (Å²) in [6.45, 7) is 8.50. The van der Waals surface area contributed by atoms with E-state index >= 15 is 0 Å². The highest BCUT2D eigenvalue weighted by Crippen LogP contribution is 2.39. The second kappa shape index (κ2) is 16.0. The van der Waals surface area contributed by atoms with Crippen molar-refractivity contribution < 1.29 is 4.79 Å². The predicted molar refractivity (Wildman–Crippen MR) is 153 cm³/mol. The number of piperidine rings is 1. The smallest absolute Gasteiger partial charge is 0.158 e. The molecule has 2 aliphatic carbocycles. The summed E-state index contributed by atoms with van der Waals surface area (Å²) < 4.78 is 0. The molecule has 3 unspecified atom stereocenters. The van der Waals surface area contributed by atoms with E-state index in [2.05, 4.69) is 42.5 Å². The van der Waals surface area contributed by atoms with Gasteiger partial charge >= 0.3 is 0 Å². The molecule has 3 N–H and O–H groups in total. The molecule has 3 aliphatic rings. The van der Waals surface area contributed by atoms with Crippen LogP contribution in [-0.4, -0.2) is 29.9 Å². The number of unbranched alkanes of at least 4 members (excludes halogenated alkanes) is 2. The maximum Gasteiger partial charge on any atom is 0.158 e. The van der Waals surface area contributed by atoms with Crippen LogP contribution in [0.4, 0.5) is 0 Å². The summed E-state index contributed by atoms with van der Waals surface area (Å²) in [6.07, 6.45) is 27.9. The molecule has 0 aromatic rings. The minimum atomic E-state index is -0.149. The highest BCUT2D eigenvalue weighted by atomic mass is 16.1. The number of Topliss-reactive ketones (excluding diaryl/α,β-unsaturated/α-hetero) is 1. The molecule has 36 heavy (non-hydrogen) atoms. The maximum absolute atomic E-state index is 13.9. The molecule has 1 aliphatic heterocycles. The number of carbonyl (C=O) groups excluding carboxylic acids is 1. The molecule has 3 atom stereocenters. The van der Waals surface area contributed by atoms with E-state index in [1.54, 1.807) is 6.20 Å². The molecule has 3 fully saturated rings. The van der Waals surface area contributed by atoms with E-state index in [4.69, 9.17) is 5.73 Å². The Balaban J connectivity index is 1.55. The Kier molecular flexibility index (Phi) is 13.1. The van der Waals surface area contributed by atoms with E-state index in [1.807, 2.05) is 6.92 Å². The second-order valence-electron chi connectivity index (χ2n) is 12.3. The highest BCUT2D eigenvalue weighted by molar-refractivity contribution is 5.89. The molecule has 0 bridgehead atoms. The Morgan fingerprint density at radius 2 is 1.42 bits per heavy atom. The van der Waals surface area contributed by atoms with E-state index in [0.29, 0.717) is 11.7 Å². The van der Waals surface area contributed by atoms with Gasteiger partial charge in [0.25, 0.3) is 0 Å². The van der Waals surface area contributed by atoms with Gasteiger partial charge in [0.05, 0.1) is 0 Å². The fourth-order valence-corrected chi connectivity index (χ4v) is 7.30. The van der Waals surface area contributed by atoms with Crippen molar-refractivity contribution in [1.29, 1.82) is 0 Å². The number of nitrogens with two attached hydrogens (primary N) is 1. The largest absolute Gasteiger partial charge is 0.405 e. The van der Waals surface area contributed by atoms with Gasteiger partial charge in [0, 0.05) is 24.9 Å². The van der Waals surface area contributed by atoms with Crippen LogP contribution in [-0.2, 0) is 4.79 Å². The number of hydrogen-bond acceptors (Lipinski definition) is 4. The number of hydrazine groups is 1. The minimum absolute atomic E-state index is 0.0928. The number of nitrogens with one attached hydrogen (secondary N) is 1. The van der Waals surface area contributed by atoms with E-state index in [0.717, 1.165) is 37.3 Å². The minimum Gasteiger partial charge on any atom is -0.405 e. The van der Waals surface area contributed by atoms with Crippen molar-refractivity contribution in [2.24, 2.45) is 41.2 Å². The van der Waals surface area contributed by atoms with Crippen molar-refractivity contribution in [2.45, 2.75) is 123 Å². The third kappa shape index (κ3) is 8.72. The number of carbonyl (C=O) groups is 1. The summed E-state index contributed by atoms with van der Waals surface area (Å²) in [5.74, 6) is 3.98. The number of nitrogens with zero attached hydrogens (tertiary/aromatic N) is 1. The van der Waals surface area contributed by atoms with Gasteiger partial charge in [-0.1, -0.05) is 109 Å². The molecule has 4 heteroatoms. The van der Waals surface area contributed by atoms with Crippen molar-refractivity contribution in [2.75, 3.05) is 13.1 Å². The van der Waals surface area contributed by atoms with Crippen LogP contribution < -0.4 is 11.2 Å². The predicted octanol–water partition coefficient (Wildman–Crippen LogP) is 7.41. The molecule has 4 nitrogen and oxygen atoms in total. The zero-order chi connectivity index (χ0) is 25.8. The molecule has 3 rings (SSSR count). The first-order valence-corrected chi connectivity index (χ1v) is 15.6. The first-order chi connectivity index (χ1) is 17.6. The van der Waals surface area contributed by atoms with Crippen molar-refractivity contribution in [3.8, 4) is 0 Å². The lowest BCUT2D eigenvalue weighted by molar-refractivity contribution is -0.135. The van der Waals surface area contributed by atoms with Crippen LogP contribution in [0.3, 0.4) is 0 Å². The Morgan fingerprint density at radius 1 is 0.861 bits per heavy atom. The Hall–Kier alpha value is -1.13. The van der Waals surface area contributed by atoms with Gasteiger partial charge < -0.3 is 5.73 Å². The molecule has 0 spiro atoms. The van der Waals surface area contributed by atoms with Crippen LogP contribution in [0.15, 0.2) is 24.4 Å². The van der Waals surface area contributed by atoms with Crippen LogP contribution >= 0.6 is 0 Å². The summed E-state index contributed by atoms with van der Waals surface area (Å²) in [4.78, 5) is 13.9. The quantitative estimate of drug-likeness (QED) is 0.259. The van der Waals surface area contributed by atoms with Gasteiger partial charge in [0.2, 0.25) is 0 Å². The van der Waals surface area contributed by atoms with Crippen molar-refractivity contribution >= 4 is 5.78 Å². The highest BCUT2D eigenvalue weighted by Gasteiger charge is 2.42. The second-order valence-corrected chi connectivity index (χ2v) is 12.3. The van der Waals surface area contributed by atoms with Gasteiger partial charge in [-0.05, 0) is 56.1 Å². The van der Waals surface area contributed by atoms with Crippen LogP contribution in [0.2, 0.25) is 0 Å². The van der Waals surface area contributed by atoms with Crippen LogP contribution in [0.25, 0.3) is 0 Å². The molecule has 2 saturated carbocycles. The first-order valence-electron chi connectivity index (χ1n) is 15.6. The lowest BCUT2D eigenvalue weighted by atomic mass is 9.71. The Labute approximate surface area is 222 Å². The molecule has 0 aromatic carbocycles. The maximum atomic E-state index is 13.9. The van der Waals surface area contributed by atoms with Crippen molar-refractivity contribution in [3.05, 3.63) is 24.4 Å². The molecule has 1 saturated heterocycles. The zero-order valence-corrected chi connectivity index (χ0v) is 23.8. The van der Waals surface area contributed by atoms with Crippen molar-refractivity contribution in [3.63, 3.8) is 0 Å². The van der Waals surface area contributed by atoms with Gasteiger partial charge in [-0.15, -0.1) is 0 Å². The monoisotopic (exact) mass is 499 g/mol. The SMILES string of the molecule is C/C=C\C1C(=O)C(CC2CCC(CCCC)CC2)C(/C=C\N)CN1NCC1CCC(CCCC)CC1. The summed E-state index contributed by atoms with van der Waals surface area (Å²) in [6, 6.07) is -0.149. The normalized spacial score (nSPS) is 34.6. The van der Waals surface area contributed by atoms with E-state index in [-0.39, 0.29) is 17.9 Å². The van der Waals surface area contributed by atoms with Crippen LogP contribution in [0.1, 0.15) is 117 Å². The third-order valence-electron chi connectivity index (χ3n) is 9.68. The fourth-order valence-electron chi connectivity index (χ4n) is 7.30. The summed E-state index contributed by atoms with van der Waals surface area (Å²) >= 11 is 0. The van der Waals surface area contributed by atoms with Crippen molar-refractivity contribution in [1.82, 2.24) is 10.4 Å². The van der Waals surface area contributed by atoms with E-state index in [9.17, 15) is 4.79 Å². The standard InChI is InChI=1S/C32H57N3O/c1-4-7-10-25-12-16-27(17-13-25)22-30-29(20-21-33)24-35(31(9-6-3)32(30)36)34-23-28-18-14-26(15-19-28)11-8-5-2/h6,9,20-21,25-31,34H,4-5,7-8,10-19,22-24,33H2,1-3H3/b9-6-,21-20-. The van der Waals surface area contributed by atoms with Gasteiger partial charge in [0.1, 0.15) is 6.04 Å². The molecule has 1 heterocycles. The summed E-state index contributed by atoms with van der Waals surface area (Å²) in [7, 11) is 0. The average Bonchev–Trinajstić information content (AvgIpc) is 2.90. The third-order valence-corrected chi connectivity index (χ3v) is 9.68. The number of ketones is 1. The van der Waals surface area contributed by atoms with Gasteiger partial charge in [-0.3, -0.25) is 10.2 Å². The topological polar surface area (TPSA) is 58.4 Å². The molecule has 0 amide bonds. The van der Waals surface area contributed by atoms with Crippen LogP contribution in [0, 0.1) is 35.5 Å². The summed E-state index contributed by atoms with van der Waals surface area (Å²) in [5.41, 5.74) is 9.64. The molecular formula is C32H57N3O. The molecule has 206 valence electrons. The summed E-state index contributed by atoms with van der Waals surface area (Å²) in [5, 5.41) is 2.24. The molecular weight excluding hydrogens is 442 g/mol. The molecule has 0 aromatic heterocycles. The Morgan fingerprint density at radius 3 is 1.94 bits per heavy atom. The Bertz CT molecular complexity index is 673. The molecule has 0 radical (unpaired) electrons.